The van der Waals surface area contributed by atoms with Crippen LogP contribution in [0.25, 0.3) is 11.4 Å². The summed E-state index contributed by atoms with van der Waals surface area (Å²) >= 11 is 1.18. The molecule has 0 aliphatic carbocycles. The third-order valence-electron chi connectivity index (χ3n) is 6.42. The number of carbonyl (C=O) groups is 1. The topological polar surface area (TPSA) is 97.2 Å². The lowest BCUT2D eigenvalue weighted by Crippen LogP contribution is -2.35. The number of nitrogens with zero attached hydrogens (tertiary/aromatic N) is 4. The Morgan fingerprint density at radius 2 is 1.65 bits per heavy atom. The molecule has 1 fully saturated rings. The Bertz CT molecular complexity index is 1260. The Kier molecular flexibility index (Phi) is 6.80. The van der Waals surface area contributed by atoms with Gasteiger partial charge in [0.15, 0.2) is 5.82 Å². The Balaban J connectivity index is 1.22. The monoisotopic (exact) mass is 499 g/mol. The number of rotatable bonds is 6. The van der Waals surface area contributed by atoms with Crippen LogP contribution in [0.5, 0.6) is 0 Å². The highest BCUT2D eigenvalue weighted by atomic mass is 32.2. The highest BCUT2D eigenvalue weighted by molar-refractivity contribution is 7.91. The van der Waals surface area contributed by atoms with E-state index in [1.165, 1.54) is 17.8 Å². The van der Waals surface area contributed by atoms with Crippen molar-refractivity contribution in [2.24, 2.45) is 0 Å². The maximum Gasteiger partial charge on any atom is 0.252 e. The van der Waals surface area contributed by atoms with Crippen LogP contribution in [-0.2, 0) is 34.2 Å². The summed E-state index contributed by atoms with van der Waals surface area (Å²) in [5, 5.41) is 11.7. The molecular weight excluding hydrogens is 470 g/mol. The minimum atomic E-state index is -3.46. The van der Waals surface area contributed by atoms with Crippen LogP contribution in [0.3, 0.4) is 0 Å². The summed E-state index contributed by atoms with van der Waals surface area (Å²) in [4.78, 5) is 13.3. The van der Waals surface area contributed by atoms with Crippen molar-refractivity contribution in [2.45, 2.75) is 62.1 Å². The molecule has 10 heteroatoms. The van der Waals surface area contributed by atoms with Crippen molar-refractivity contribution in [3.8, 4) is 11.4 Å². The van der Waals surface area contributed by atoms with Crippen LogP contribution in [0.2, 0.25) is 0 Å². The normalized spacial score (nSPS) is 17.2. The molecule has 2 aromatic heterocycles. The number of benzene rings is 1. The first kappa shape index (κ1) is 23.2. The summed E-state index contributed by atoms with van der Waals surface area (Å²) < 4.78 is 29.8. The summed E-state index contributed by atoms with van der Waals surface area (Å²) in [5.41, 5.74) is 1.67. The quantitative estimate of drug-likeness (QED) is 0.551. The van der Waals surface area contributed by atoms with Crippen molar-refractivity contribution in [1.82, 2.24) is 19.1 Å². The number of hydrogen-bond acceptors (Lipinski definition) is 6. The number of carbonyl (C=O) groups excluding carboxylic acids is 1. The molecule has 3 aromatic rings. The predicted octanol–water partition coefficient (Wildman–Crippen LogP) is 4.09. The van der Waals surface area contributed by atoms with Crippen molar-refractivity contribution >= 4 is 33.0 Å². The van der Waals surface area contributed by atoms with Gasteiger partial charge in [0.2, 0.25) is 5.91 Å². The standard InChI is InChI=1S/C24H29N5O3S2/c30-22(17-20-12-13-23(33-20)34(31,32)28-14-4-2-5-15-28)25-19-10-8-18(9-11-19)24-27-26-21-7-3-1-6-16-29(21)24/h8-13H,1-7,14-17H2,(H,25,30). The van der Waals surface area contributed by atoms with Crippen LogP contribution >= 0.6 is 11.3 Å². The minimum absolute atomic E-state index is 0.139. The molecule has 1 amide bonds. The second-order valence-electron chi connectivity index (χ2n) is 8.89. The van der Waals surface area contributed by atoms with E-state index < -0.39 is 10.0 Å². The summed E-state index contributed by atoms with van der Waals surface area (Å²) in [6, 6.07) is 11.0. The highest BCUT2D eigenvalue weighted by Crippen LogP contribution is 2.28. The summed E-state index contributed by atoms with van der Waals surface area (Å²) in [6.07, 6.45) is 7.48. The largest absolute Gasteiger partial charge is 0.326 e. The molecule has 2 aliphatic heterocycles. The number of anilines is 1. The van der Waals surface area contributed by atoms with Gasteiger partial charge in [0, 0.05) is 42.2 Å². The first-order valence-electron chi connectivity index (χ1n) is 11.9. The third-order valence-corrected chi connectivity index (χ3v) is 9.87. The van der Waals surface area contributed by atoms with Crippen molar-refractivity contribution in [1.29, 1.82) is 0 Å². The van der Waals surface area contributed by atoms with Crippen LogP contribution in [0.15, 0.2) is 40.6 Å². The molecule has 0 saturated carbocycles. The number of piperidine rings is 1. The van der Waals surface area contributed by atoms with E-state index in [0.29, 0.717) is 23.0 Å². The highest BCUT2D eigenvalue weighted by Gasteiger charge is 2.27. The van der Waals surface area contributed by atoms with Gasteiger partial charge in [0.25, 0.3) is 10.0 Å². The maximum absolute atomic E-state index is 12.8. The molecule has 1 N–H and O–H groups in total. The zero-order valence-electron chi connectivity index (χ0n) is 19.1. The van der Waals surface area contributed by atoms with Crippen LogP contribution in [0.4, 0.5) is 5.69 Å². The van der Waals surface area contributed by atoms with Crippen molar-refractivity contribution < 1.29 is 13.2 Å². The molecule has 1 saturated heterocycles. The first-order valence-corrected chi connectivity index (χ1v) is 14.2. The van der Waals surface area contributed by atoms with Gasteiger partial charge in [-0.05, 0) is 62.1 Å². The van der Waals surface area contributed by atoms with Gasteiger partial charge in [-0.15, -0.1) is 21.5 Å². The van der Waals surface area contributed by atoms with Gasteiger partial charge in [-0.25, -0.2) is 8.42 Å². The maximum atomic E-state index is 12.8. The second kappa shape index (κ2) is 9.97. The predicted molar refractivity (Wildman–Crippen MR) is 132 cm³/mol. The van der Waals surface area contributed by atoms with E-state index in [9.17, 15) is 13.2 Å². The van der Waals surface area contributed by atoms with Gasteiger partial charge < -0.3 is 9.88 Å². The lowest BCUT2D eigenvalue weighted by atomic mass is 10.2. The minimum Gasteiger partial charge on any atom is -0.326 e. The SMILES string of the molecule is O=C(Cc1ccc(S(=O)(=O)N2CCCCC2)s1)Nc1ccc(-c2nnc3n2CCCCC3)cc1. The smallest absolute Gasteiger partial charge is 0.252 e. The van der Waals surface area contributed by atoms with E-state index in [1.807, 2.05) is 24.3 Å². The molecule has 0 radical (unpaired) electrons. The molecule has 5 rings (SSSR count). The van der Waals surface area contributed by atoms with E-state index in [0.717, 1.165) is 67.2 Å². The summed E-state index contributed by atoms with van der Waals surface area (Å²) in [7, 11) is -3.46. The molecule has 8 nitrogen and oxygen atoms in total. The van der Waals surface area contributed by atoms with Gasteiger partial charge in [0.1, 0.15) is 10.0 Å². The van der Waals surface area contributed by atoms with Crippen LogP contribution in [0.1, 0.15) is 49.2 Å². The van der Waals surface area contributed by atoms with E-state index in [4.69, 9.17) is 0 Å². The van der Waals surface area contributed by atoms with Crippen LogP contribution < -0.4 is 5.32 Å². The van der Waals surface area contributed by atoms with Crippen molar-refractivity contribution in [3.63, 3.8) is 0 Å². The van der Waals surface area contributed by atoms with Gasteiger partial charge in [-0.1, -0.05) is 12.8 Å². The third kappa shape index (κ3) is 4.94. The van der Waals surface area contributed by atoms with E-state index in [2.05, 4.69) is 20.1 Å². The van der Waals surface area contributed by atoms with Crippen LogP contribution in [0, 0.1) is 0 Å². The second-order valence-corrected chi connectivity index (χ2v) is 12.2. The number of sulfonamides is 1. The number of thiophene rings is 1. The molecule has 2 aliphatic rings. The fraction of sp³-hybridized carbons (Fsp3) is 0.458. The number of nitrogens with one attached hydrogen (secondary N) is 1. The molecule has 0 bridgehead atoms. The Morgan fingerprint density at radius 1 is 0.912 bits per heavy atom. The molecule has 1 aromatic carbocycles. The Labute approximate surface area is 204 Å². The number of aryl methyl sites for hydroxylation is 1. The zero-order chi connectivity index (χ0) is 23.5. The zero-order valence-corrected chi connectivity index (χ0v) is 20.7. The first-order chi connectivity index (χ1) is 16.5. The van der Waals surface area contributed by atoms with Crippen molar-refractivity contribution in [2.75, 3.05) is 18.4 Å². The number of aromatic nitrogens is 3. The fourth-order valence-electron chi connectivity index (χ4n) is 4.59. The summed E-state index contributed by atoms with van der Waals surface area (Å²) in [5.74, 6) is 1.74. The Hall–Kier alpha value is -2.56. The summed E-state index contributed by atoms with van der Waals surface area (Å²) in [6.45, 7) is 2.08. The van der Waals surface area contributed by atoms with Crippen molar-refractivity contribution in [3.05, 3.63) is 47.1 Å². The number of amides is 1. The lowest BCUT2D eigenvalue weighted by molar-refractivity contribution is -0.115. The number of fused-ring (bicyclic) bond motifs is 1. The van der Waals surface area contributed by atoms with Gasteiger partial charge in [-0.2, -0.15) is 4.31 Å². The van der Waals surface area contributed by atoms with Crippen LogP contribution in [-0.4, -0.2) is 46.5 Å². The molecule has 34 heavy (non-hydrogen) atoms. The van der Waals surface area contributed by atoms with Gasteiger partial charge >= 0.3 is 0 Å². The molecule has 0 spiro atoms. The van der Waals surface area contributed by atoms with Gasteiger partial charge in [-0.3, -0.25) is 4.79 Å². The molecular formula is C24H29N5O3S2. The average molecular weight is 500 g/mol. The van der Waals surface area contributed by atoms with E-state index in [-0.39, 0.29) is 12.3 Å². The Morgan fingerprint density at radius 3 is 2.44 bits per heavy atom. The molecule has 0 atom stereocenters. The molecule has 180 valence electrons. The fourth-order valence-corrected chi connectivity index (χ4v) is 7.61. The van der Waals surface area contributed by atoms with E-state index >= 15 is 0 Å². The molecule has 4 heterocycles. The average Bonchev–Trinajstić information content (AvgIpc) is 3.41. The molecule has 0 unspecified atom stereocenters. The lowest BCUT2D eigenvalue weighted by Gasteiger charge is -2.25. The number of hydrogen-bond donors (Lipinski definition) is 1. The van der Waals surface area contributed by atoms with E-state index in [1.54, 1.807) is 16.4 Å². The van der Waals surface area contributed by atoms with Gasteiger partial charge in [0.05, 0.1) is 6.42 Å².